The molecule has 2 unspecified atom stereocenters. The Morgan fingerprint density at radius 1 is 0.581 bits per heavy atom. The van der Waals surface area contributed by atoms with Crippen LogP contribution in [0, 0.1) is 0 Å². The molecule has 1 aliphatic rings. The SMILES string of the molecule is CCC(C)(C)c1cc(C(C)(C)C)cc(CSC2CCCCCC2SCc2cc(C(C)(C)C)cc(C(C)(C)CC)c2O)c1O. The van der Waals surface area contributed by atoms with E-state index in [9.17, 15) is 10.2 Å². The molecule has 2 aromatic rings. The van der Waals surface area contributed by atoms with Crippen molar-refractivity contribution < 1.29 is 10.2 Å². The molecule has 0 bridgehead atoms. The van der Waals surface area contributed by atoms with Crippen LogP contribution in [0.2, 0.25) is 0 Å². The van der Waals surface area contributed by atoms with E-state index >= 15 is 0 Å². The first-order valence-corrected chi connectivity index (χ1v) is 18.9. The summed E-state index contributed by atoms with van der Waals surface area (Å²) in [5, 5.41) is 24.1. The lowest BCUT2D eigenvalue weighted by atomic mass is 9.77. The number of phenolic OH excluding ortho intramolecular Hbond substituents is 2. The van der Waals surface area contributed by atoms with Crippen LogP contribution in [0.1, 0.15) is 161 Å². The van der Waals surface area contributed by atoms with E-state index in [1.54, 1.807) is 0 Å². The average Bonchev–Trinajstić information content (AvgIpc) is 3.15. The Morgan fingerprint density at radius 3 is 1.23 bits per heavy atom. The molecule has 4 heteroatoms. The molecule has 0 aliphatic heterocycles. The highest BCUT2D eigenvalue weighted by atomic mass is 32.2. The van der Waals surface area contributed by atoms with Crippen LogP contribution >= 0.6 is 23.5 Å². The zero-order valence-corrected chi connectivity index (χ0v) is 31.2. The van der Waals surface area contributed by atoms with E-state index in [2.05, 4.69) is 107 Å². The van der Waals surface area contributed by atoms with E-state index < -0.39 is 0 Å². The highest BCUT2D eigenvalue weighted by molar-refractivity contribution is 8.03. The summed E-state index contributed by atoms with van der Waals surface area (Å²) in [4.78, 5) is 0. The van der Waals surface area contributed by atoms with Gasteiger partial charge in [-0.25, -0.2) is 0 Å². The molecule has 2 nitrogen and oxygen atoms in total. The lowest BCUT2D eigenvalue weighted by Crippen LogP contribution is -2.21. The Morgan fingerprint density at radius 2 is 0.930 bits per heavy atom. The molecule has 3 rings (SSSR count). The van der Waals surface area contributed by atoms with E-state index in [1.165, 1.54) is 43.2 Å². The highest BCUT2D eigenvalue weighted by Crippen LogP contribution is 2.45. The molecule has 43 heavy (non-hydrogen) atoms. The third-order valence-corrected chi connectivity index (χ3v) is 13.2. The van der Waals surface area contributed by atoms with Crippen molar-refractivity contribution >= 4 is 23.5 Å². The van der Waals surface area contributed by atoms with Crippen molar-refractivity contribution in [2.45, 2.75) is 172 Å². The van der Waals surface area contributed by atoms with Gasteiger partial charge < -0.3 is 10.2 Å². The Balaban J connectivity index is 1.89. The zero-order chi connectivity index (χ0) is 32.4. The van der Waals surface area contributed by atoms with Crippen molar-refractivity contribution in [1.82, 2.24) is 0 Å². The molecule has 0 spiro atoms. The maximum absolute atomic E-state index is 11.5. The van der Waals surface area contributed by atoms with Gasteiger partial charge in [0.15, 0.2) is 0 Å². The van der Waals surface area contributed by atoms with Crippen LogP contribution in [0.3, 0.4) is 0 Å². The fourth-order valence-corrected chi connectivity index (χ4v) is 8.97. The van der Waals surface area contributed by atoms with Gasteiger partial charge in [-0.1, -0.05) is 127 Å². The molecule has 0 aromatic heterocycles. The normalized spacial score (nSPS) is 19.0. The molecular weight excluding hydrogens is 565 g/mol. The molecule has 0 radical (unpaired) electrons. The Kier molecular flexibility index (Phi) is 11.8. The van der Waals surface area contributed by atoms with E-state index in [4.69, 9.17) is 0 Å². The summed E-state index contributed by atoms with van der Waals surface area (Å²) < 4.78 is 0. The second-order valence-corrected chi connectivity index (χ2v) is 18.8. The molecule has 1 fully saturated rings. The van der Waals surface area contributed by atoms with Crippen LogP contribution in [0.15, 0.2) is 24.3 Å². The Labute approximate surface area is 273 Å². The fourth-order valence-electron chi connectivity index (χ4n) is 5.90. The molecule has 242 valence electrons. The van der Waals surface area contributed by atoms with E-state index in [1.807, 2.05) is 23.5 Å². The second-order valence-electron chi connectivity index (χ2n) is 16.4. The summed E-state index contributed by atoms with van der Waals surface area (Å²) >= 11 is 4.09. The number of aromatic hydroxyl groups is 2. The number of benzene rings is 2. The van der Waals surface area contributed by atoms with Crippen LogP contribution in [-0.2, 0) is 33.2 Å². The number of hydrogen-bond acceptors (Lipinski definition) is 4. The van der Waals surface area contributed by atoms with Gasteiger partial charge in [0.05, 0.1) is 0 Å². The van der Waals surface area contributed by atoms with Gasteiger partial charge in [-0.2, -0.15) is 23.5 Å². The fraction of sp³-hybridized carbons (Fsp3) is 0.692. The van der Waals surface area contributed by atoms with E-state index in [0.29, 0.717) is 22.0 Å². The van der Waals surface area contributed by atoms with Crippen LogP contribution in [-0.4, -0.2) is 20.7 Å². The summed E-state index contributed by atoms with van der Waals surface area (Å²) in [6, 6.07) is 9.04. The van der Waals surface area contributed by atoms with Crippen LogP contribution < -0.4 is 0 Å². The van der Waals surface area contributed by atoms with Gasteiger partial charge in [0.25, 0.3) is 0 Å². The topological polar surface area (TPSA) is 40.5 Å². The van der Waals surface area contributed by atoms with Gasteiger partial charge in [0, 0.05) is 44.3 Å². The summed E-state index contributed by atoms with van der Waals surface area (Å²) in [5.41, 5.74) is 6.89. The lowest BCUT2D eigenvalue weighted by molar-refractivity contribution is 0.422. The van der Waals surface area contributed by atoms with Crippen LogP contribution in [0.25, 0.3) is 0 Å². The van der Waals surface area contributed by atoms with Crippen molar-refractivity contribution in [3.8, 4) is 11.5 Å². The standard InChI is InChI=1S/C39H62O2S2/c1-13-38(9,10)30-22-28(36(3,4)5)20-26(34(30)40)24-42-32-18-16-15-17-19-33(32)43-25-27-21-29(37(6,7)8)23-31(35(27)41)39(11,12)14-2/h20-23,32-33,40-41H,13-19,24-25H2,1-12H3. The van der Waals surface area contributed by atoms with Gasteiger partial charge in [0.2, 0.25) is 0 Å². The first-order chi connectivity index (χ1) is 19.8. The van der Waals surface area contributed by atoms with Crippen molar-refractivity contribution in [3.05, 3.63) is 57.6 Å². The van der Waals surface area contributed by atoms with Gasteiger partial charge in [-0.15, -0.1) is 0 Å². The predicted molar refractivity (Wildman–Crippen MR) is 193 cm³/mol. The monoisotopic (exact) mass is 626 g/mol. The van der Waals surface area contributed by atoms with Gasteiger partial charge >= 0.3 is 0 Å². The molecular formula is C39H62O2S2. The molecule has 1 saturated carbocycles. The summed E-state index contributed by atoms with van der Waals surface area (Å²) in [5.74, 6) is 2.67. The third kappa shape index (κ3) is 8.93. The molecule has 2 N–H and O–H groups in total. The first-order valence-electron chi connectivity index (χ1n) is 16.8. The number of phenols is 2. The maximum atomic E-state index is 11.5. The summed E-state index contributed by atoms with van der Waals surface area (Å²) in [6.45, 7) is 27.1. The molecule has 2 atom stereocenters. The minimum atomic E-state index is -0.0692. The summed E-state index contributed by atoms with van der Waals surface area (Å²) in [7, 11) is 0. The lowest BCUT2D eigenvalue weighted by Gasteiger charge is -2.31. The van der Waals surface area contributed by atoms with Gasteiger partial charge in [-0.05, 0) is 58.5 Å². The molecule has 1 aliphatic carbocycles. The van der Waals surface area contributed by atoms with Crippen molar-refractivity contribution in [1.29, 1.82) is 0 Å². The smallest absolute Gasteiger partial charge is 0.123 e. The molecule has 0 heterocycles. The minimum absolute atomic E-state index is 0.0290. The second kappa shape index (κ2) is 14.0. The maximum Gasteiger partial charge on any atom is 0.123 e. The van der Waals surface area contributed by atoms with E-state index in [-0.39, 0.29) is 21.7 Å². The Bertz CT molecular complexity index is 1130. The minimum Gasteiger partial charge on any atom is -0.507 e. The Hall–Kier alpha value is -1.26. The van der Waals surface area contributed by atoms with Crippen LogP contribution in [0.5, 0.6) is 11.5 Å². The average molecular weight is 627 g/mol. The van der Waals surface area contributed by atoms with Crippen molar-refractivity contribution in [2.75, 3.05) is 0 Å². The van der Waals surface area contributed by atoms with E-state index in [0.717, 1.165) is 46.6 Å². The zero-order valence-electron chi connectivity index (χ0n) is 29.5. The molecule has 0 amide bonds. The number of thioether (sulfide) groups is 2. The molecule has 2 aromatic carbocycles. The summed E-state index contributed by atoms with van der Waals surface area (Å²) in [6.07, 6.45) is 8.26. The van der Waals surface area contributed by atoms with Gasteiger partial charge in [0.1, 0.15) is 11.5 Å². The quantitative estimate of drug-likeness (QED) is 0.257. The molecule has 0 saturated heterocycles. The van der Waals surface area contributed by atoms with Crippen molar-refractivity contribution in [2.24, 2.45) is 0 Å². The van der Waals surface area contributed by atoms with Crippen LogP contribution in [0.4, 0.5) is 0 Å². The largest absolute Gasteiger partial charge is 0.507 e. The number of rotatable bonds is 10. The third-order valence-electron chi connectivity index (χ3n) is 10.1. The highest BCUT2D eigenvalue weighted by Gasteiger charge is 2.31. The van der Waals surface area contributed by atoms with Gasteiger partial charge in [-0.3, -0.25) is 0 Å². The van der Waals surface area contributed by atoms with Crippen molar-refractivity contribution in [3.63, 3.8) is 0 Å². The first kappa shape index (κ1) is 36.2. The number of hydrogen-bond donors (Lipinski definition) is 2. The predicted octanol–water partition coefficient (Wildman–Crippen LogP) is 11.9.